The Hall–Kier alpha value is -2.12. The smallest absolute Gasteiger partial charge is 0.338 e. The third-order valence-electron chi connectivity index (χ3n) is 3.43. The first-order chi connectivity index (χ1) is 12.6. The molecule has 1 heterocycles. The fraction of sp³-hybridized carbons (Fsp3) is 0.222. The van der Waals surface area contributed by atoms with Crippen molar-refractivity contribution >= 4 is 40.3 Å². The predicted octanol–water partition coefficient (Wildman–Crippen LogP) is 3.97. The number of esters is 1. The number of aliphatic hydroxyl groups is 1. The van der Waals surface area contributed by atoms with Gasteiger partial charge in [0.2, 0.25) is 5.89 Å². The monoisotopic (exact) mass is 395 g/mol. The molecule has 0 radical (unpaired) electrons. The maximum Gasteiger partial charge on any atom is 0.338 e. The fourth-order valence-electron chi connectivity index (χ4n) is 2.30. The van der Waals surface area contributed by atoms with Gasteiger partial charge in [-0.25, -0.2) is 9.78 Å². The van der Waals surface area contributed by atoms with Crippen LogP contribution in [0.5, 0.6) is 0 Å². The van der Waals surface area contributed by atoms with Gasteiger partial charge in [-0.05, 0) is 36.4 Å². The van der Waals surface area contributed by atoms with Crippen LogP contribution in [0.3, 0.4) is 0 Å². The number of benzene rings is 2. The van der Waals surface area contributed by atoms with Crippen molar-refractivity contribution in [1.29, 1.82) is 0 Å². The zero-order chi connectivity index (χ0) is 18.5. The predicted molar refractivity (Wildman–Crippen MR) is 97.7 cm³/mol. The lowest BCUT2D eigenvalue weighted by molar-refractivity contribution is 0.0258. The number of rotatable bonds is 7. The summed E-state index contributed by atoms with van der Waals surface area (Å²) in [6, 6.07) is 9.85. The van der Waals surface area contributed by atoms with E-state index in [-0.39, 0.29) is 26.4 Å². The van der Waals surface area contributed by atoms with Crippen molar-refractivity contribution in [3.63, 3.8) is 0 Å². The van der Waals surface area contributed by atoms with E-state index in [4.69, 9.17) is 42.2 Å². The summed E-state index contributed by atoms with van der Waals surface area (Å²) in [5.41, 5.74) is 2.02. The minimum atomic E-state index is -0.497. The number of carbonyl (C=O) groups is 1. The highest BCUT2D eigenvalue weighted by Gasteiger charge is 2.13. The standard InChI is InChI=1S/C18H15Cl2NO5/c19-13-7-12(8-14(20)10-13)17-21-15-2-1-11(9-16(15)26-17)18(23)25-6-5-24-4-3-22/h1-2,7-10,22H,3-6H2. The van der Waals surface area contributed by atoms with Crippen molar-refractivity contribution in [2.45, 2.75) is 0 Å². The topological polar surface area (TPSA) is 81.8 Å². The summed E-state index contributed by atoms with van der Waals surface area (Å²) in [5.74, 6) is -0.143. The molecule has 0 aliphatic heterocycles. The summed E-state index contributed by atoms with van der Waals surface area (Å²) in [6.45, 7) is 0.449. The molecule has 3 rings (SSSR count). The van der Waals surface area contributed by atoms with Crippen molar-refractivity contribution in [3.8, 4) is 11.5 Å². The van der Waals surface area contributed by atoms with Gasteiger partial charge in [-0.1, -0.05) is 23.2 Å². The zero-order valence-electron chi connectivity index (χ0n) is 13.6. The number of hydrogen-bond donors (Lipinski definition) is 1. The Balaban J connectivity index is 1.76. The minimum Gasteiger partial charge on any atom is -0.460 e. The molecular formula is C18H15Cl2NO5. The fourth-order valence-corrected chi connectivity index (χ4v) is 2.82. The van der Waals surface area contributed by atoms with Gasteiger partial charge in [0.1, 0.15) is 12.1 Å². The molecule has 0 atom stereocenters. The molecular weight excluding hydrogens is 381 g/mol. The van der Waals surface area contributed by atoms with Crippen LogP contribution in [0.1, 0.15) is 10.4 Å². The van der Waals surface area contributed by atoms with Gasteiger partial charge in [-0.2, -0.15) is 0 Å². The van der Waals surface area contributed by atoms with Gasteiger partial charge < -0.3 is 19.0 Å². The van der Waals surface area contributed by atoms with Crippen LogP contribution in [0.25, 0.3) is 22.6 Å². The summed E-state index contributed by atoms with van der Waals surface area (Å²) in [6.07, 6.45) is 0. The number of aromatic nitrogens is 1. The Morgan fingerprint density at radius 2 is 1.85 bits per heavy atom. The minimum absolute atomic E-state index is 0.0731. The average molecular weight is 396 g/mol. The Bertz CT molecular complexity index is 905. The summed E-state index contributed by atoms with van der Waals surface area (Å²) in [5, 5.41) is 9.55. The van der Waals surface area contributed by atoms with Gasteiger partial charge in [-0.15, -0.1) is 0 Å². The molecule has 6 nitrogen and oxygen atoms in total. The lowest BCUT2D eigenvalue weighted by Gasteiger charge is -2.05. The van der Waals surface area contributed by atoms with Crippen LogP contribution in [0.4, 0.5) is 0 Å². The second kappa shape index (κ2) is 8.51. The van der Waals surface area contributed by atoms with E-state index in [1.165, 1.54) is 0 Å². The van der Waals surface area contributed by atoms with Crippen molar-refractivity contribution in [1.82, 2.24) is 4.98 Å². The van der Waals surface area contributed by atoms with Crippen LogP contribution in [0, 0.1) is 0 Å². The highest BCUT2D eigenvalue weighted by atomic mass is 35.5. The maximum atomic E-state index is 12.1. The molecule has 8 heteroatoms. The second-order valence-electron chi connectivity index (χ2n) is 5.33. The van der Waals surface area contributed by atoms with Gasteiger partial charge in [0.25, 0.3) is 0 Å². The highest BCUT2D eigenvalue weighted by molar-refractivity contribution is 6.35. The van der Waals surface area contributed by atoms with Crippen LogP contribution >= 0.6 is 23.2 Å². The number of fused-ring (bicyclic) bond motifs is 1. The molecule has 0 aliphatic rings. The Labute approximate surface area is 159 Å². The van der Waals surface area contributed by atoms with Crippen molar-refractivity contribution in [2.75, 3.05) is 26.4 Å². The summed E-state index contributed by atoms with van der Waals surface area (Å²) in [4.78, 5) is 16.4. The largest absolute Gasteiger partial charge is 0.460 e. The molecule has 136 valence electrons. The maximum absolute atomic E-state index is 12.1. The molecule has 0 bridgehead atoms. The molecule has 0 aliphatic carbocycles. The van der Waals surface area contributed by atoms with E-state index in [0.717, 1.165) is 0 Å². The average Bonchev–Trinajstić information content (AvgIpc) is 3.04. The SMILES string of the molecule is O=C(OCCOCCO)c1ccc2nc(-c3cc(Cl)cc(Cl)c3)oc2c1. The second-order valence-corrected chi connectivity index (χ2v) is 6.20. The van der Waals surface area contributed by atoms with Crippen molar-refractivity contribution < 1.29 is 23.8 Å². The molecule has 1 aromatic heterocycles. The molecule has 1 N–H and O–H groups in total. The number of hydrogen-bond acceptors (Lipinski definition) is 6. The van der Waals surface area contributed by atoms with Gasteiger partial charge in [0.15, 0.2) is 5.58 Å². The molecule has 0 spiro atoms. The summed E-state index contributed by atoms with van der Waals surface area (Å²) in [7, 11) is 0. The van der Waals surface area contributed by atoms with Gasteiger partial charge >= 0.3 is 5.97 Å². The van der Waals surface area contributed by atoms with Crippen LogP contribution in [0.15, 0.2) is 40.8 Å². The van der Waals surface area contributed by atoms with Crippen LogP contribution < -0.4 is 0 Å². The van der Waals surface area contributed by atoms with E-state index in [1.807, 2.05) is 0 Å². The number of aliphatic hydroxyl groups excluding tert-OH is 1. The third kappa shape index (κ3) is 4.53. The van der Waals surface area contributed by atoms with Crippen LogP contribution in [0.2, 0.25) is 10.0 Å². The molecule has 0 saturated heterocycles. The zero-order valence-corrected chi connectivity index (χ0v) is 15.1. The third-order valence-corrected chi connectivity index (χ3v) is 3.87. The van der Waals surface area contributed by atoms with Gasteiger partial charge in [-0.3, -0.25) is 0 Å². The Morgan fingerprint density at radius 1 is 1.08 bits per heavy atom. The van der Waals surface area contributed by atoms with E-state index in [9.17, 15) is 4.79 Å². The molecule has 3 aromatic rings. The number of halogens is 2. The lowest BCUT2D eigenvalue weighted by atomic mass is 10.2. The van der Waals surface area contributed by atoms with Gasteiger partial charge in [0.05, 0.1) is 25.4 Å². The molecule has 0 saturated carbocycles. The first kappa shape index (κ1) is 18.7. The first-order valence-electron chi connectivity index (χ1n) is 7.79. The van der Waals surface area contributed by atoms with E-state index in [0.29, 0.717) is 38.2 Å². The Morgan fingerprint density at radius 3 is 2.58 bits per heavy atom. The number of oxazole rings is 1. The van der Waals surface area contributed by atoms with Crippen molar-refractivity contribution in [2.24, 2.45) is 0 Å². The van der Waals surface area contributed by atoms with E-state index in [2.05, 4.69) is 4.98 Å². The van der Waals surface area contributed by atoms with Crippen molar-refractivity contribution in [3.05, 3.63) is 52.0 Å². The van der Waals surface area contributed by atoms with Gasteiger partial charge in [0, 0.05) is 15.6 Å². The molecule has 0 unspecified atom stereocenters. The lowest BCUT2D eigenvalue weighted by Crippen LogP contribution is -2.12. The number of nitrogens with zero attached hydrogens (tertiary/aromatic N) is 1. The van der Waals surface area contributed by atoms with E-state index >= 15 is 0 Å². The number of ether oxygens (including phenoxy) is 2. The molecule has 26 heavy (non-hydrogen) atoms. The summed E-state index contributed by atoms with van der Waals surface area (Å²) < 4.78 is 15.9. The highest BCUT2D eigenvalue weighted by Crippen LogP contribution is 2.29. The normalized spacial score (nSPS) is 11.0. The summed E-state index contributed by atoms with van der Waals surface area (Å²) >= 11 is 12.0. The molecule has 2 aromatic carbocycles. The quantitative estimate of drug-likeness (QED) is 0.481. The van der Waals surface area contributed by atoms with E-state index < -0.39 is 5.97 Å². The van der Waals surface area contributed by atoms with E-state index in [1.54, 1.807) is 36.4 Å². The first-order valence-corrected chi connectivity index (χ1v) is 8.55. The number of carbonyl (C=O) groups excluding carboxylic acids is 1. The van der Waals surface area contributed by atoms with Crippen LogP contribution in [-0.2, 0) is 9.47 Å². The van der Waals surface area contributed by atoms with Crippen LogP contribution in [-0.4, -0.2) is 42.5 Å². The molecule has 0 amide bonds. The Kier molecular flexibility index (Phi) is 6.11. The molecule has 0 fully saturated rings.